The van der Waals surface area contributed by atoms with Crippen LogP contribution in [0.25, 0.3) is 0 Å². The van der Waals surface area contributed by atoms with Crippen molar-refractivity contribution in [1.29, 1.82) is 0 Å². The van der Waals surface area contributed by atoms with Crippen LogP contribution in [0, 0.1) is 3.57 Å². The summed E-state index contributed by atoms with van der Waals surface area (Å²) in [4.78, 5) is 22.7. The van der Waals surface area contributed by atoms with E-state index >= 15 is 0 Å². The van der Waals surface area contributed by atoms with Crippen molar-refractivity contribution >= 4 is 40.3 Å². The number of para-hydroxylation sites is 1. The number of hydrogen-bond donors (Lipinski definition) is 3. The number of rotatable bonds is 6. The molecule has 0 spiro atoms. The van der Waals surface area contributed by atoms with Crippen molar-refractivity contribution in [2.24, 2.45) is 0 Å². The lowest BCUT2D eigenvalue weighted by Crippen LogP contribution is -2.43. The third kappa shape index (κ3) is 5.43. The summed E-state index contributed by atoms with van der Waals surface area (Å²) in [7, 11) is 1.48. The second-order valence-electron chi connectivity index (χ2n) is 3.75. The highest BCUT2D eigenvalue weighted by Crippen LogP contribution is 2.16. The molecule has 0 aliphatic rings. The molecule has 2 amide bonds. The molecule has 3 N–H and O–H groups in total. The van der Waals surface area contributed by atoms with Gasteiger partial charge in [-0.2, -0.15) is 0 Å². The van der Waals surface area contributed by atoms with Gasteiger partial charge in [-0.25, -0.2) is 9.59 Å². The Morgan fingerprint density at radius 1 is 1.42 bits per heavy atom. The Hall–Kier alpha value is -1.35. The lowest BCUT2D eigenvalue weighted by atomic mass is 10.2. The highest BCUT2D eigenvalue weighted by Gasteiger charge is 2.19. The van der Waals surface area contributed by atoms with Crippen molar-refractivity contribution in [2.45, 2.75) is 12.5 Å². The molecule has 0 aromatic heterocycles. The van der Waals surface area contributed by atoms with Crippen LogP contribution in [0.5, 0.6) is 0 Å². The van der Waals surface area contributed by atoms with E-state index in [1.807, 2.05) is 12.1 Å². The van der Waals surface area contributed by atoms with Gasteiger partial charge < -0.3 is 20.5 Å². The average Bonchev–Trinajstić information content (AvgIpc) is 2.37. The number of methoxy groups -OCH3 is 1. The standard InChI is InChI=1S/C12H15IN2O4/c1-19-7-6-10(11(16)17)15-12(18)14-9-5-3-2-4-8(9)13/h2-5,10H,6-7H2,1H3,(H,16,17)(H2,14,15,18). The molecule has 104 valence electrons. The molecule has 0 heterocycles. The molecule has 0 saturated carbocycles. The number of halogens is 1. The molecule has 0 aliphatic carbocycles. The predicted octanol–water partition coefficient (Wildman–Crippen LogP) is 1.90. The molecule has 7 heteroatoms. The van der Waals surface area contributed by atoms with Crippen LogP contribution in [0.15, 0.2) is 24.3 Å². The zero-order valence-corrected chi connectivity index (χ0v) is 12.5. The number of anilines is 1. The van der Waals surface area contributed by atoms with E-state index < -0.39 is 18.0 Å². The number of ether oxygens (including phenoxy) is 1. The number of carboxylic acids is 1. The number of nitrogens with one attached hydrogen (secondary N) is 2. The van der Waals surface area contributed by atoms with E-state index in [1.54, 1.807) is 12.1 Å². The minimum absolute atomic E-state index is 0.213. The largest absolute Gasteiger partial charge is 0.480 e. The molecule has 0 aliphatic heterocycles. The van der Waals surface area contributed by atoms with Crippen molar-refractivity contribution < 1.29 is 19.4 Å². The third-order valence-corrected chi connectivity index (χ3v) is 3.28. The molecule has 1 atom stereocenters. The highest BCUT2D eigenvalue weighted by atomic mass is 127. The van der Waals surface area contributed by atoms with Crippen molar-refractivity contribution in [3.63, 3.8) is 0 Å². The van der Waals surface area contributed by atoms with Crippen LogP contribution in [-0.4, -0.2) is 36.9 Å². The Bertz CT molecular complexity index is 453. The second-order valence-corrected chi connectivity index (χ2v) is 4.91. The topological polar surface area (TPSA) is 87.7 Å². The number of benzene rings is 1. The maximum absolute atomic E-state index is 11.7. The smallest absolute Gasteiger partial charge is 0.326 e. The minimum Gasteiger partial charge on any atom is -0.480 e. The first-order valence-corrected chi connectivity index (χ1v) is 6.66. The van der Waals surface area contributed by atoms with Gasteiger partial charge in [0.25, 0.3) is 0 Å². The fourth-order valence-corrected chi connectivity index (χ4v) is 1.89. The number of hydrogen-bond acceptors (Lipinski definition) is 3. The summed E-state index contributed by atoms with van der Waals surface area (Å²) >= 11 is 2.08. The number of carbonyl (C=O) groups excluding carboxylic acids is 1. The van der Waals surface area contributed by atoms with Crippen molar-refractivity contribution in [1.82, 2.24) is 5.32 Å². The van der Waals surface area contributed by atoms with Crippen LogP contribution in [0.3, 0.4) is 0 Å². The van der Waals surface area contributed by atoms with Crippen LogP contribution < -0.4 is 10.6 Å². The second kappa shape index (κ2) is 7.95. The number of aliphatic carboxylic acids is 1. The first-order chi connectivity index (χ1) is 9.04. The molecule has 0 saturated heterocycles. The lowest BCUT2D eigenvalue weighted by Gasteiger charge is -2.15. The minimum atomic E-state index is -1.09. The first-order valence-electron chi connectivity index (χ1n) is 5.58. The summed E-state index contributed by atoms with van der Waals surface area (Å²) in [6, 6.07) is 5.71. The summed E-state index contributed by atoms with van der Waals surface area (Å²) in [5.74, 6) is -1.09. The predicted molar refractivity (Wildman–Crippen MR) is 79.2 cm³/mol. The van der Waals surface area contributed by atoms with Gasteiger partial charge in [-0.15, -0.1) is 0 Å². The van der Waals surface area contributed by atoms with Gasteiger partial charge in [0.05, 0.1) is 5.69 Å². The van der Waals surface area contributed by atoms with Gasteiger partial charge in [-0.05, 0) is 34.7 Å². The van der Waals surface area contributed by atoms with E-state index in [0.29, 0.717) is 5.69 Å². The van der Waals surface area contributed by atoms with E-state index in [4.69, 9.17) is 9.84 Å². The molecule has 1 rings (SSSR count). The maximum Gasteiger partial charge on any atom is 0.326 e. The van der Waals surface area contributed by atoms with Gasteiger partial charge in [0.1, 0.15) is 6.04 Å². The van der Waals surface area contributed by atoms with Crippen LogP contribution >= 0.6 is 22.6 Å². The Labute approximate surface area is 124 Å². The molecule has 1 aromatic carbocycles. The summed E-state index contributed by atoms with van der Waals surface area (Å²) < 4.78 is 5.68. The van der Waals surface area contributed by atoms with Gasteiger partial charge in [-0.1, -0.05) is 12.1 Å². The monoisotopic (exact) mass is 378 g/mol. The van der Waals surface area contributed by atoms with E-state index in [1.165, 1.54) is 7.11 Å². The SMILES string of the molecule is COCCC(NC(=O)Nc1ccccc1I)C(=O)O. The van der Waals surface area contributed by atoms with Crippen LogP contribution in [-0.2, 0) is 9.53 Å². The molecular formula is C12H15IN2O4. The molecular weight excluding hydrogens is 363 g/mol. The fourth-order valence-electron chi connectivity index (χ4n) is 1.37. The lowest BCUT2D eigenvalue weighted by molar-refractivity contribution is -0.139. The highest BCUT2D eigenvalue weighted by molar-refractivity contribution is 14.1. The summed E-state index contributed by atoms with van der Waals surface area (Å²) in [5, 5.41) is 14.0. The summed E-state index contributed by atoms with van der Waals surface area (Å²) in [6.45, 7) is 0.264. The Morgan fingerprint density at radius 2 is 2.11 bits per heavy atom. The molecule has 0 bridgehead atoms. The number of carboxylic acid groups (broad SMARTS) is 1. The zero-order chi connectivity index (χ0) is 14.3. The number of carbonyl (C=O) groups is 2. The number of urea groups is 1. The molecule has 1 unspecified atom stereocenters. The van der Waals surface area contributed by atoms with Gasteiger partial charge in [0, 0.05) is 23.7 Å². The molecule has 6 nitrogen and oxygen atoms in total. The van der Waals surface area contributed by atoms with Crippen molar-refractivity contribution in [2.75, 3.05) is 19.0 Å². The first kappa shape index (κ1) is 15.7. The van der Waals surface area contributed by atoms with E-state index in [2.05, 4.69) is 33.2 Å². The van der Waals surface area contributed by atoms with Gasteiger partial charge >= 0.3 is 12.0 Å². The van der Waals surface area contributed by atoms with E-state index in [0.717, 1.165) is 3.57 Å². The Kier molecular flexibility index (Phi) is 6.57. The molecule has 1 aromatic rings. The van der Waals surface area contributed by atoms with E-state index in [9.17, 15) is 9.59 Å². The number of amides is 2. The quantitative estimate of drug-likeness (QED) is 0.660. The average molecular weight is 378 g/mol. The molecule has 0 radical (unpaired) electrons. The summed E-state index contributed by atoms with van der Waals surface area (Å²) in [5.41, 5.74) is 0.636. The maximum atomic E-state index is 11.7. The normalized spacial score (nSPS) is 11.7. The molecule has 0 fully saturated rings. The van der Waals surface area contributed by atoms with Crippen molar-refractivity contribution in [3.8, 4) is 0 Å². The van der Waals surface area contributed by atoms with Gasteiger partial charge in [0.2, 0.25) is 0 Å². The zero-order valence-electron chi connectivity index (χ0n) is 10.4. The van der Waals surface area contributed by atoms with E-state index in [-0.39, 0.29) is 13.0 Å². The van der Waals surface area contributed by atoms with Gasteiger partial charge in [-0.3, -0.25) is 0 Å². The van der Waals surface area contributed by atoms with Crippen molar-refractivity contribution in [3.05, 3.63) is 27.8 Å². The third-order valence-electron chi connectivity index (χ3n) is 2.34. The fraction of sp³-hybridized carbons (Fsp3) is 0.333. The molecule has 19 heavy (non-hydrogen) atoms. The van der Waals surface area contributed by atoms with Crippen LogP contribution in [0.4, 0.5) is 10.5 Å². The van der Waals surface area contributed by atoms with Gasteiger partial charge in [0.15, 0.2) is 0 Å². The Morgan fingerprint density at radius 3 is 2.68 bits per heavy atom. The Balaban J connectivity index is 2.58. The summed E-state index contributed by atoms with van der Waals surface area (Å²) in [6.07, 6.45) is 0.213. The van der Waals surface area contributed by atoms with Crippen LogP contribution in [0.2, 0.25) is 0 Å². The van der Waals surface area contributed by atoms with Crippen LogP contribution in [0.1, 0.15) is 6.42 Å².